The molecule has 1 atom stereocenters. The standard InChI is InChI=1S/C15H22N2O2/c1-11(2)12-4-3-5-13(8-12)17-15(18)9-14-10-16-6-7-19-14/h3-5,8,11,14,16H,6-7,9-10H2,1-2H3,(H,17,18). The predicted molar refractivity (Wildman–Crippen MR) is 76.4 cm³/mol. The highest BCUT2D eigenvalue weighted by Crippen LogP contribution is 2.18. The molecule has 1 amide bonds. The van der Waals surface area contributed by atoms with Crippen LogP contribution in [-0.4, -0.2) is 31.7 Å². The van der Waals surface area contributed by atoms with Crippen LogP contribution in [0.5, 0.6) is 0 Å². The molecule has 2 rings (SSSR count). The molecule has 2 N–H and O–H groups in total. The Balaban J connectivity index is 1.89. The average molecular weight is 262 g/mol. The molecular weight excluding hydrogens is 240 g/mol. The highest BCUT2D eigenvalue weighted by Gasteiger charge is 2.17. The van der Waals surface area contributed by atoms with Gasteiger partial charge in [-0.1, -0.05) is 26.0 Å². The monoisotopic (exact) mass is 262 g/mol. The number of rotatable bonds is 4. The first-order valence-electron chi connectivity index (χ1n) is 6.87. The van der Waals surface area contributed by atoms with Gasteiger partial charge in [-0.2, -0.15) is 0 Å². The second kappa shape index (κ2) is 6.68. The van der Waals surface area contributed by atoms with E-state index in [1.807, 2.05) is 18.2 Å². The van der Waals surface area contributed by atoms with Crippen LogP contribution in [-0.2, 0) is 9.53 Å². The summed E-state index contributed by atoms with van der Waals surface area (Å²) in [5.74, 6) is 0.470. The normalized spacial score (nSPS) is 19.4. The van der Waals surface area contributed by atoms with Crippen LogP contribution in [0.15, 0.2) is 24.3 Å². The summed E-state index contributed by atoms with van der Waals surface area (Å²) in [6, 6.07) is 8.00. The van der Waals surface area contributed by atoms with Crippen LogP contribution >= 0.6 is 0 Å². The van der Waals surface area contributed by atoms with Gasteiger partial charge in [0.2, 0.25) is 5.91 Å². The van der Waals surface area contributed by atoms with Gasteiger partial charge in [0.1, 0.15) is 0 Å². The van der Waals surface area contributed by atoms with E-state index in [0.717, 1.165) is 18.8 Å². The van der Waals surface area contributed by atoms with E-state index in [9.17, 15) is 4.79 Å². The van der Waals surface area contributed by atoms with Gasteiger partial charge >= 0.3 is 0 Å². The van der Waals surface area contributed by atoms with Crippen molar-refractivity contribution in [2.24, 2.45) is 0 Å². The molecule has 1 aliphatic rings. The summed E-state index contributed by atoms with van der Waals surface area (Å²) in [6.07, 6.45) is 0.390. The SMILES string of the molecule is CC(C)c1cccc(NC(=O)CC2CNCCO2)c1. The van der Waals surface area contributed by atoms with Gasteiger partial charge in [0.25, 0.3) is 0 Å². The molecule has 1 aromatic rings. The Morgan fingerprint density at radius 3 is 3.05 bits per heavy atom. The summed E-state index contributed by atoms with van der Waals surface area (Å²) in [5.41, 5.74) is 2.09. The first-order valence-corrected chi connectivity index (χ1v) is 6.87. The van der Waals surface area contributed by atoms with Crippen molar-refractivity contribution in [1.29, 1.82) is 0 Å². The van der Waals surface area contributed by atoms with Crippen LogP contribution in [0, 0.1) is 0 Å². The van der Waals surface area contributed by atoms with E-state index in [2.05, 4.69) is 30.5 Å². The fourth-order valence-electron chi connectivity index (χ4n) is 2.15. The van der Waals surface area contributed by atoms with Gasteiger partial charge in [0.15, 0.2) is 0 Å². The molecule has 1 fully saturated rings. The van der Waals surface area contributed by atoms with Gasteiger partial charge in [0.05, 0.1) is 19.1 Å². The first-order chi connectivity index (χ1) is 9.15. The fraction of sp³-hybridized carbons (Fsp3) is 0.533. The van der Waals surface area contributed by atoms with E-state index < -0.39 is 0 Å². The summed E-state index contributed by atoms with van der Waals surface area (Å²) < 4.78 is 5.52. The average Bonchev–Trinajstić information content (AvgIpc) is 2.40. The van der Waals surface area contributed by atoms with E-state index in [0.29, 0.717) is 18.9 Å². The molecule has 0 aromatic heterocycles. The maximum Gasteiger partial charge on any atom is 0.227 e. The van der Waals surface area contributed by atoms with Crippen molar-refractivity contribution in [3.8, 4) is 0 Å². The number of amides is 1. The van der Waals surface area contributed by atoms with Crippen LogP contribution in [0.4, 0.5) is 5.69 Å². The van der Waals surface area contributed by atoms with Crippen molar-refractivity contribution in [2.45, 2.75) is 32.3 Å². The van der Waals surface area contributed by atoms with Crippen molar-refractivity contribution >= 4 is 11.6 Å². The van der Waals surface area contributed by atoms with E-state index >= 15 is 0 Å². The molecular formula is C15H22N2O2. The number of hydrogen-bond donors (Lipinski definition) is 2. The van der Waals surface area contributed by atoms with Crippen LogP contribution in [0.2, 0.25) is 0 Å². The van der Waals surface area contributed by atoms with Gasteiger partial charge < -0.3 is 15.4 Å². The van der Waals surface area contributed by atoms with Crippen molar-refractivity contribution in [3.63, 3.8) is 0 Å². The molecule has 4 nitrogen and oxygen atoms in total. The number of morpholine rings is 1. The van der Waals surface area contributed by atoms with E-state index in [1.54, 1.807) is 0 Å². The number of carbonyl (C=O) groups excluding carboxylic acids is 1. The fourth-order valence-corrected chi connectivity index (χ4v) is 2.15. The van der Waals surface area contributed by atoms with Crippen molar-refractivity contribution in [1.82, 2.24) is 5.32 Å². The smallest absolute Gasteiger partial charge is 0.227 e. The molecule has 0 spiro atoms. The minimum atomic E-state index is -0.0120. The Kier molecular flexibility index (Phi) is 4.93. The van der Waals surface area contributed by atoms with Gasteiger partial charge in [-0.25, -0.2) is 0 Å². The Morgan fingerprint density at radius 2 is 2.37 bits per heavy atom. The zero-order valence-corrected chi connectivity index (χ0v) is 11.6. The molecule has 1 aromatic carbocycles. The summed E-state index contributed by atoms with van der Waals surface area (Å²) >= 11 is 0. The van der Waals surface area contributed by atoms with Crippen LogP contribution in [0.3, 0.4) is 0 Å². The second-order valence-corrected chi connectivity index (χ2v) is 5.23. The third kappa shape index (κ3) is 4.33. The van der Waals surface area contributed by atoms with Crippen LogP contribution < -0.4 is 10.6 Å². The highest BCUT2D eigenvalue weighted by atomic mass is 16.5. The Morgan fingerprint density at radius 1 is 1.53 bits per heavy atom. The van der Waals surface area contributed by atoms with E-state index in [4.69, 9.17) is 4.74 Å². The Labute approximate surface area is 114 Å². The maximum absolute atomic E-state index is 11.9. The Bertz CT molecular complexity index is 426. The van der Waals surface area contributed by atoms with E-state index in [-0.39, 0.29) is 12.0 Å². The lowest BCUT2D eigenvalue weighted by Crippen LogP contribution is -2.40. The zero-order valence-electron chi connectivity index (χ0n) is 11.6. The number of carbonyl (C=O) groups is 1. The molecule has 19 heavy (non-hydrogen) atoms. The van der Waals surface area contributed by atoms with Gasteiger partial charge in [0, 0.05) is 18.8 Å². The van der Waals surface area contributed by atoms with Crippen molar-refractivity contribution in [3.05, 3.63) is 29.8 Å². The number of nitrogens with one attached hydrogen (secondary N) is 2. The predicted octanol–water partition coefficient (Wildman–Crippen LogP) is 2.13. The molecule has 0 bridgehead atoms. The molecule has 1 saturated heterocycles. The molecule has 104 valence electrons. The van der Waals surface area contributed by atoms with Gasteiger partial charge in [-0.05, 0) is 23.6 Å². The lowest BCUT2D eigenvalue weighted by molar-refractivity contribution is -0.119. The quantitative estimate of drug-likeness (QED) is 0.874. The number of ether oxygens (including phenoxy) is 1. The minimum Gasteiger partial charge on any atom is -0.375 e. The molecule has 0 radical (unpaired) electrons. The minimum absolute atomic E-state index is 0.00889. The summed E-state index contributed by atoms with van der Waals surface area (Å²) in [6.45, 7) is 6.58. The molecule has 1 heterocycles. The van der Waals surface area contributed by atoms with Crippen LogP contribution in [0.1, 0.15) is 31.7 Å². The molecule has 1 aliphatic heterocycles. The summed E-state index contributed by atoms with van der Waals surface area (Å²) in [5, 5.41) is 6.16. The van der Waals surface area contributed by atoms with Gasteiger partial charge in [-0.15, -0.1) is 0 Å². The van der Waals surface area contributed by atoms with Gasteiger partial charge in [-0.3, -0.25) is 4.79 Å². The first kappa shape index (κ1) is 14.0. The zero-order chi connectivity index (χ0) is 13.7. The largest absolute Gasteiger partial charge is 0.375 e. The maximum atomic E-state index is 11.9. The van der Waals surface area contributed by atoms with Crippen LogP contribution in [0.25, 0.3) is 0 Å². The topological polar surface area (TPSA) is 50.4 Å². The molecule has 0 aliphatic carbocycles. The Hall–Kier alpha value is -1.39. The van der Waals surface area contributed by atoms with E-state index in [1.165, 1.54) is 5.56 Å². The lowest BCUT2D eigenvalue weighted by Gasteiger charge is -2.23. The second-order valence-electron chi connectivity index (χ2n) is 5.23. The third-order valence-corrected chi connectivity index (χ3v) is 3.25. The number of hydrogen-bond acceptors (Lipinski definition) is 3. The number of benzene rings is 1. The molecule has 0 saturated carbocycles. The molecule has 1 unspecified atom stereocenters. The number of anilines is 1. The summed E-state index contributed by atoms with van der Waals surface area (Å²) in [7, 11) is 0. The van der Waals surface area contributed by atoms with Crippen molar-refractivity contribution < 1.29 is 9.53 Å². The molecule has 4 heteroatoms. The third-order valence-electron chi connectivity index (χ3n) is 3.25. The lowest BCUT2D eigenvalue weighted by atomic mass is 10.0. The van der Waals surface area contributed by atoms with Crippen molar-refractivity contribution in [2.75, 3.05) is 25.0 Å². The highest BCUT2D eigenvalue weighted by molar-refractivity contribution is 5.91. The summed E-state index contributed by atoms with van der Waals surface area (Å²) in [4.78, 5) is 11.9.